The van der Waals surface area contributed by atoms with Crippen molar-refractivity contribution in [2.45, 2.75) is 19.0 Å². The van der Waals surface area contributed by atoms with E-state index < -0.39 is 6.04 Å². The Bertz CT molecular complexity index is 508. The standard InChI is InChI=1S/C15H18N2O2/c1-17(10-13-7-8-19-11-13)15(18)14(16)9-12-5-3-2-4-6-12/h2-8,11,14H,9-10,16H2,1H3/t14-/m0/s1. The second-order valence-corrected chi connectivity index (χ2v) is 4.62. The molecule has 19 heavy (non-hydrogen) atoms. The molecule has 1 aromatic carbocycles. The van der Waals surface area contributed by atoms with Crippen LogP contribution in [0.1, 0.15) is 11.1 Å². The quantitative estimate of drug-likeness (QED) is 0.889. The van der Waals surface area contributed by atoms with Crippen LogP contribution in [0.2, 0.25) is 0 Å². The van der Waals surface area contributed by atoms with Gasteiger partial charge < -0.3 is 15.1 Å². The van der Waals surface area contributed by atoms with Crippen LogP contribution in [0.3, 0.4) is 0 Å². The molecule has 0 radical (unpaired) electrons. The molecule has 0 unspecified atom stereocenters. The summed E-state index contributed by atoms with van der Waals surface area (Å²) < 4.78 is 4.98. The Morgan fingerprint density at radius 1 is 1.26 bits per heavy atom. The molecule has 0 aliphatic carbocycles. The maximum absolute atomic E-state index is 12.1. The van der Waals surface area contributed by atoms with E-state index in [4.69, 9.17) is 10.2 Å². The van der Waals surface area contributed by atoms with E-state index in [-0.39, 0.29) is 5.91 Å². The summed E-state index contributed by atoms with van der Waals surface area (Å²) in [5, 5.41) is 0. The minimum atomic E-state index is -0.515. The van der Waals surface area contributed by atoms with E-state index in [0.29, 0.717) is 13.0 Å². The van der Waals surface area contributed by atoms with Gasteiger partial charge in [-0.15, -0.1) is 0 Å². The fraction of sp³-hybridized carbons (Fsp3) is 0.267. The third-order valence-electron chi connectivity index (χ3n) is 2.99. The second-order valence-electron chi connectivity index (χ2n) is 4.62. The summed E-state index contributed by atoms with van der Waals surface area (Å²) in [6.45, 7) is 0.512. The van der Waals surface area contributed by atoms with E-state index in [1.54, 1.807) is 24.5 Å². The number of amides is 1. The zero-order valence-corrected chi connectivity index (χ0v) is 11.0. The number of benzene rings is 1. The number of carbonyl (C=O) groups is 1. The first-order chi connectivity index (χ1) is 9.16. The number of carbonyl (C=O) groups excluding carboxylic acids is 1. The maximum atomic E-state index is 12.1. The summed E-state index contributed by atoms with van der Waals surface area (Å²) >= 11 is 0. The van der Waals surface area contributed by atoms with Gasteiger partial charge in [-0.05, 0) is 18.1 Å². The van der Waals surface area contributed by atoms with Gasteiger partial charge in [-0.3, -0.25) is 4.79 Å². The molecule has 1 aromatic heterocycles. The Balaban J connectivity index is 1.91. The van der Waals surface area contributed by atoms with Crippen LogP contribution in [0.25, 0.3) is 0 Å². The van der Waals surface area contributed by atoms with Gasteiger partial charge >= 0.3 is 0 Å². The van der Waals surface area contributed by atoms with Crippen LogP contribution < -0.4 is 5.73 Å². The lowest BCUT2D eigenvalue weighted by Crippen LogP contribution is -2.42. The van der Waals surface area contributed by atoms with Gasteiger partial charge in [-0.25, -0.2) is 0 Å². The SMILES string of the molecule is CN(Cc1ccoc1)C(=O)[C@@H](N)Cc1ccccc1. The molecule has 0 saturated heterocycles. The Morgan fingerprint density at radius 2 is 2.00 bits per heavy atom. The minimum absolute atomic E-state index is 0.0648. The van der Waals surface area contributed by atoms with Crippen molar-refractivity contribution in [3.05, 3.63) is 60.1 Å². The minimum Gasteiger partial charge on any atom is -0.472 e. The average Bonchev–Trinajstić information content (AvgIpc) is 2.91. The molecule has 0 saturated carbocycles. The van der Waals surface area contributed by atoms with E-state index in [0.717, 1.165) is 11.1 Å². The van der Waals surface area contributed by atoms with Crippen LogP contribution in [-0.4, -0.2) is 23.9 Å². The normalized spacial score (nSPS) is 12.1. The third kappa shape index (κ3) is 3.69. The third-order valence-corrected chi connectivity index (χ3v) is 2.99. The van der Waals surface area contributed by atoms with Crippen LogP contribution in [0, 0.1) is 0 Å². The molecule has 0 fully saturated rings. The van der Waals surface area contributed by atoms with Crippen molar-refractivity contribution < 1.29 is 9.21 Å². The number of furan rings is 1. The lowest BCUT2D eigenvalue weighted by atomic mass is 10.1. The number of nitrogens with zero attached hydrogens (tertiary/aromatic N) is 1. The number of hydrogen-bond donors (Lipinski definition) is 1. The molecular formula is C15H18N2O2. The van der Waals surface area contributed by atoms with Gasteiger partial charge in [-0.1, -0.05) is 30.3 Å². The molecule has 1 atom stereocenters. The van der Waals surface area contributed by atoms with Gasteiger partial charge in [-0.2, -0.15) is 0 Å². The average molecular weight is 258 g/mol. The zero-order chi connectivity index (χ0) is 13.7. The van der Waals surface area contributed by atoms with Crippen molar-refractivity contribution in [1.29, 1.82) is 0 Å². The van der Waals surface area contributed by atoms with Crippen LogP contribution in [0.4, 0.5) is 0 Å². The lowest BCUT2D eigenvalue weighted by molar-refractivity contribution is -0.131. The molecule has 0 spiro atoms. The molecule has 2 N–H and O–H groups in total. The van der Waals surface area contributed by atoms with E-state index in [1.807, 2.05) is 36.4 Å². The monoisotopic (exact) mass is 258 g/mol. The van der Waals surface area contributed by atoms with Gasteiger partial charge in [0.1, 0.15) is 0 Å². The highest BCUT2D eigenvalue weighted by molar-refractivity contribution is 5.81. The van der Waals surface area contributed by atoms with Crippen molar-refractivity contribution in [1.82, 2.24) is 4.90 Å². The van der Waals surface area contributed by atoms with Crippen molar-refractivity contribution >= 4 is 5.91 Å². The van der Waals surface area contributed by atoms with Crippen molar-refractivity contribution in [2.24, 2.45) is 5.73 Å². The van der Waals surface area contributed by atoms with Crippen LogP contribution in [-0.2, 0) is 17.8 Å². The largest absolute Gasteiger partial charge is 0.472 e. The topological polar surface area (TPSA) is 59.5 Å². The highest BCUT2D eigenvalue weighted by Crippen LogP contribution is 2.07. The summed E-state index contributed by atoms with van der Waals surface area (Å²) in [6, 6.07) is 11.1. The predicted molar refractivity (Wildman–Crippen MR) is 73.3 cm³/mol. The summed E-state index contributed by atoms with van der Waals surface area (Å²) in [5.74, 6) is -0.0648. The van der Waals surface area contributed by atoms with Crippen LogP contribution in [0.15, 0.2) is 53.3 Å². The fourth-order valence-electron chi connectivity index (χ4n) is 1.97. The van der Waals surface area contributed by atoms with Gasteiger partial charge in [0.2, 0.25) is 5.91 Å². The summed E-state index contributed by atoms with van der Waals surface area (Å²) in [6.07, 6.45) is 3.78. The molecule has 2 aromatic rings. The fourth-order valence-corrected chi connectivity index (χ4v) is 1.97. The molecule has 4 heteroatoms. The molecule has 2 rings (SSSR count). The Morgan fingerprint density at radius 3 is 2.63 bits per heavy atom. The number of nitrogens with two attached hydrogens (primary N) is 1. The number of likely N-dealkylation sites (N-methyl/N-ethyl adjacent to an activating group) is 1. The summed E-state index contributed by atoms with van der Waals surface area (Å²) in [7, 11) is 1.75. The molecule has 0 aliphatic heterocycles. The van der Waals surface area contributed by atoms with Gasteiger partial charge in [0, 0.05) is 19.2 Å². The molecule has 0 bridgehead atoms. The smallest absolute Gasteiger partial charge is 0.239 e. The maximum Gasteiger partial charge on any atom is 0.239 e. The first-order valence-electron chi connectivity index (χ1n) is 6.22. The molecule has 100 valence electrons. The summed E-state index contributed by atoms with van der Waals surface area (Å²) in [4.78, 5) is 13.8. The summed E-state index contributed by atoms with van der Waals surface area (Å²) in [5.41, 5.74) is 7.99. The molecular weight excluding hydrogens is 240 g/mol. The highest BCUT2D eigenvalue weighted by Gasteiger charge is 2.18. The van der Waals surface area contributed by atoms with Gasteiger partial charge in [0.05, 0.1) is 18.6 Å². The lowest BCUT2D eigenvalue weighted by Gasteiger charge is -2.20. The van der Waals surface area contributed by atoms with Crippen molar-refractivity contribution in [3.8, 4) is 0 Å². The number of hydrogen-bond acceptors (Lipinski definition) is 3. The number of rotatable bonds is 5. The zero-order valence-electron chi connectivity index (χ0n) is 11.0. The molecule has 0 aliphatic rings. The highest BCUT2D eigenvalue weighted by atomic mass is 16.3. The Kier molecular flexibility index (Phi) is 4.36. The first-order valence-corrected chi connectivity index (χ1v) is 6.22. The van der Waals surface area contributed by atoms with Crippen molar-refractivity contribution in [3.63, 3.8) is 0 Å². The molecule has 1 amide bonds. The predicted octanol–water partition coefficient (Wildman–Crippen LogP) is 1.81. The van der Waals surface area contributed by atoms with Gasteiger partial charge in [0.25, 0.3) is 0 Å². The van der Waals surface area contributed by atoms with E-state index in [1.165, 1.54) is 0 Å². The molecule has 4 nitrogen and oxygen atoms in total. The van der Waals surface area contributed by atoms with Crippen LogP contribution >= 0.6 is 0 Å². The van der Waals surface area contributed by atoms with E-state index in [2.05, 4.69) is 0 Å². The second kappa shape index (κ2) is 6.20. The Labute approximate surface area is 112 Å². The molecule has 1 heterocycles. The van der Waals surface area contributed by atoms with Gasteiger partial charge in [0.15, 0.2) is 0 Å². The Hall–Kier alpha value is -2.07. The van der Waals surface area contributed by atoms with E-state index in [9.17, 15) is 4.79 Å². The first kappa shape index (κ1) is 13.4. The van der Waals surface area contributed by atoms with Crippen molar-refractivity contribution in [2.75, 3.05) is 7.05 Å². The van der Waals surface area contributed by atoms with E-state index >= 15 is 0 Å². The van der Waals surface area contributed by atoms with Crippen LogP contribution in [0.5, 0.6) is 0 Å².